The molecule has 0 spiro atoms. The van der Waals surface area contributed by atoms with E-state index >= 15 is 0 Å². The van der Waals surface area contributed by atoms with Gasteiger partial charge < -0.3 is 19.7 Å². The number of carboxylic acid groups (broad SMARTS) is 1. The third-order valence-corrected chi connectivity index (χ3v) is 5.08. The molecule has 0 saturated carbocycles. The van der Waals surface area contributed by atoms with Crippen LogP contribution in [0.1, 0.15) is 67.8 Å². The fourth-order valence-electron chi connectivity index (χ4n) is 3.06. The van der Waals surface area contributed by atoms with E-state index in [-0.39, 0.29) is 42.1 Å². The first-order valence-corrected chi connectivity index (χ1v) is 11.2. The average Bonchev–Trinajstić information content (AvgIpc) is 2.81. The van der Waals surface area contributed by atoms with Gasteiger partial charge in [0.25, 0.3) is 0 Å². The maximum atomic E-state index is 11.9. The lowest BCUT2D eigenvalue weighted by molar-refractivity contribution is -0.153. The number of hydrogen-bond donors (Lipinski definition) is 2. The first-order chi connectivity index (χ1) is 15.9. The molecule has 2 aromatic carbocycles. The molecule has 34 heavy (non-hydrogen) atoms. The maximum absolute atomic E-state index is 11.9. The van der Waals surface area contributed by atoms with E-state index in [1.165, 1.54) is 12.1 Å². The molecule has 0 bridgehead atoms. The van der Waals surface area contributed by atoms with Gasteiger partial charge in [-0.25, -0.2) is 9.59 Å². The van der Waals surface area contributed by atoms with Gasteiger partial charge in [-0.2, -0.15) is 0 Å². The standard InChI is InChI=1S/C15H12O4.C12H24O3/c16-14(17)12-8-4-5-9-13(12)15(18)19-10-11-6-2-1-3-7-11;1-8(2)10(13)12(5,6)7-15-11(14)9(3)4/h1-9H,10H2,(H,16,17);8-10,13H,7H2,1-6H3. The normalized spacial score (nSPS) is 11.9. The van der Waals surface area contributed by atoms with Crippen LogP contribution in [-0.2, 0) is 20.9 Å². The highest BCUT2D eigenvalue weighted by Crippen LogP contribution is 2.26. The summed E-state index contributed by atoms with van der Waals surface area (Å²) in [5.41, 5.74) is 0.466. The van der Waals surface area contributed by atoms with E-state index in [4.69, 9.17) is 14.6 Å². The summed E-state index contributed by atoms with van der Waals surface area (Å²) in [4.78, 5) is 34.1. The van der Waals surface area contributed by atoms with Gasteiger partial charge in [-0.05, 0) is 23.6 Å². The maximum Gasteiger partial charge on any atom is 0.339 e. The molecule has 0 heterocycles. The lowest BCUT2D eigenvalue weighted by atomic mass is 9.81. The molecule has 0 aliphatic carbocycles. The second-order valence-electron chi connectivity index (χ2n) is 9.35. The van der Waals surface area contributed by atoms with Crippen molar-refractivity contribution >= 4 is 17.9 Å². The van der Waals surface area contributed by atoms with E-state index in [2.05, 4.69) is 0 Å². The fourth-order valence-corrected chi connectivity index (χ4v) is 3.06. The van der Waals surface area contributed by atoms with Gasteiger partial charge in [0.1, 0.15) is 6.61 Å². The minimum Gasteiger partial charge on any atom is -0.478 e. The molecule has 0 fully saturated rings. The Balaban J connectivity index is 0.000000352. The summed E-state index contributed by atoms with van der Waals surface area (Å²) in [6.07, 6.45) is -0.461. The van der Waals surface area contributed by atoms with E-state index in [9.17, 15) is 19.5 Å². The Morgan fingerprint density at radius 1 is 0.853 bits per heavy atom. The molecule has 0 saturated heterocycles. The van der Waals surface area contributed by atoms with E-state index in [0.717, 1.165) is 5.56 Å². The Hall–Kier alpha value is -3.19. The summed E-state index contributed by atoms with van der Waals surface area (Å²) in [6, 6.07) is 15.2. The summed E-state index contributed by atoms with van der Waals surface area (Å²) >= 11 is 0. The van der Waals surface area contributed by atoms with E-state index in [0.29, 0.717) is 0 Å². The molecule has 1 unspecified atom stereocenters. The smallest absolute Gasteiger partial charge is 0.339 e. The predicted molar refractivity (Wildman–Crippen MR) is 129 cm³/mol. The highest BCUT2D eigenvalue weighted by molar-refractivity contribution is 6.02. The second-order valence-corrected chi connectivity index (χ2v) is 9.35. The molecule has 0 amide bonds. The molecule has 0 aliphatic rings. The number of carbonyl (C=O) groups excluding carboxylic acids is 2. The third-order valence-electron chi connectivity index (χ3n) is 5.08. The Labute approximate surface area is 201 Å². The number of carbonyl (C=O) groups is 3. The lowest BCUT2D eigenvalue weighted by Gasteiger charge is -2.32. The molecule has 0 radical (unpaired) electrons. The van der Waals surface area contributed by atoms with Gasteiger partial charge in [0.15, 0.2) is 0 Å². The predicted octanol–water partition coefficient (Wildman–Crippen LogP) is 4.97. The zero-order valence-electron chi connectivity index (χ0n) is 20.8. The van der Waals surface area contributed by atoms with Crippen LogP contribution < -0.4 is 0 Å². The molecule has 2 rings (SSSR count). The molecule has 7 heteroatoms. The lowest BCUT2D eigenvalue weighted by Crippen LogP contribution is -2.38. The molecule has 0 aromatic heterocycles. The summed E-state index contributed by atoms with van der Waals surface area (Å²) in [7, 11) is 0. The van der Waals surface area contributed by atoms with Gasteiger partial charge in [0.05, 0.1) is 29.8 Å². The Kier molecular flexibility index (Phi) is 11.5. The third kappa shape index (κ3) is 9.35. The van der Waals surface area contributed by atoms with Crippen molar-refractivity contribution < 1.29 is 34.1 Å². The first-order valence-electron chi connectivity index (χ1n) is 11.2. The minimum absolute atomic E-state index is 0.0550. The van der Waals surface area contributed by atoms with Crippen molar-refractivity contribution in [2.24, 2.45) is 17.3 Å². The van der Waals surface area contributed by atoms with Crippen LogP contribution in [0.2, 0.25) is 0 Å². The fraction of sp³-hybridized carbons (Fsp3) is 0.444. The van der Waals surface area contributed by atoms with E-state index in [1.807, 2.05) is 58.0 Å². The molecule has 2 aromatic rings. The Bertz CT molecular complexity index is 933. The van der Waals surface area contributed by atoms with Crippen LogP contribution in [0.25, 0.3) is 0 Å². The van der Waals surface area contributed by atoms with Crippen LogP contribution in [0.3, 0.4) is 0 Å². The van der Waals surface area contributed by atoms with Crippen LogP contribution in [0.4, 0.5) is 0 Å². The van der Waals surface area contributed by atoms with Gasteiger partial charge in [-0.3, -0.25) is 4.79 Å². The SMILES string of the molecule is CC(C)C(=O)OCC(C)(C)C(O)C(C)C.O=C(O)c1ccccc1C(=O)OCc1ccccc1. The topological polar surface area (TPSA) is 110 Å². The second kappa shape index (κ2) is 13.5. The van der Waals surface area contributed by atoms with Crippen molar-refractivity contribution in [2.45, 2.75) is 54.3 Å². The van der Waals surface area contributed by atoms with Crippen molar-refractivity contribution in [3.63, 3.8) is 0 Å². The zero-order valence-corrected chi connectivity index (χ0v) is 20.8. The summed E-state index contributed by atoms with van der Waals surface area (Å²) in [6.45, 7) is 11.7. The van der Waals surface area contributed by atoms with Crippen molar-refractivity contribution in [2.75, 3.05) is 6.61 Å². The molecule has 7 nitrogen and oxygen atoms in total. The average molecular weight is 473 g/mol. The number of benzene rings is 2. The molecule has 1 atom stereocenters. The van der Waals surface area contributed by atoms with Crippen LogP contribution in [0.15, 0.2) is 54.6 Å². The minimum atomic E-state index is -1.15. The number of aliphatic hydroxyl groups is 1. The van der Waals surface area contributed by atoms with Gasteiger partial charge in [0.2, 0.25) is 0 Å². The quantitative estimate of drug-likeness (QED) is 0.496. The number of carboxylic acids is 1. The Morgan fingerprint density at radius 2 is 1.38 bits per heavy atom. The molecule has 2 N–H and O–H groups in total. The van der Waals surface area contributed by atoms with Gasteiger partial charge >= 0.3 is 17.9 Å². The molecular formula is C27H36O7. The summed E-state index contributed by atoms with van der Waals surface area (Å²) in [5.74, 6) is -1.94. The van der Waals surface area contributed by atoms with Crippen LogP contribution in [0.5, 0.6) is 0 Å². The van der Waals surface area contributed by atoms with E-state index < -0.39 is 23.5 Å². The van der Waals surface area contributed by atoms with Crippen LogP contribution in [0, 0.1) is 17.3 Å². The molecule has 0 aliphatic heterocycles. The molecule has 186 valence electrons. The van der Waals surface area contributed by atoms with Gasteiger partial charge in [-0.15, -0.1) is 0 Å². The summed E-state index contributed by atoms with van der Waals surface area (Å²) in [5, 5.41) is 18.9. The number of aliphatic hydroxyl groups excluding tert-OH is 1. The number of rotatable bonds is 9. The largest absolute Gasteiger partial charge is 0.478 e. The van der Waals surface area contributed by atoms with E-state index in [1.54, 1.807) is 26.0 Å². The highest BCUT2D eigenvalue weighted by atomic mass is 16.5. The van der Waals surface area contributed by atoms with Crippen molar-refractivity contribution in [3.05, 3.63) is 71.3 Å². The summed E-state index contributed by atoms with van der Waals surface area (Å²) < 4.78 is 10.2. The molecular weight excluding hydrogens is 436 g/mol. The highest BCUT2D eigenvalue weighted by Gasteiger charge is 2.31. The number of aromatic carboxylic acids is 1. The number of esters is 2. The van der Waals surface area contributed by atoms with Gasteiger partial charge in [0, 0.05) is 5.41 Å². The zero-order chi connectivity index (χ0) is 25.9. The van der Waals surface area contributed by atoms with Crippen LogP contribution in [-0.4, -0.2) is 40.8 Å². The van der Waals surface area contributed by atoms with Crippen LogP contribution >= 0.6 is 0 Å². The number of hydrogen-bond acceptors (Lipinski definition) is 6. The van der Waals surface area contributed by atoms with Crippen molar-refractivity contribution in [1.29, 1.82) is 0 Å². The van der Waals surface area contributed by atoms with Gasteiger partial charge in [-0.1, -0.05) is 84.0 Å². The Morgan fingerprint density at radius 3 is 1.88 bits per heavy atom. The monoisotopic (exact) mass is 472 g/mol. The van der Waals surface area contributed by atoms with Crippen molar-refractivity contribution in [1.82, 2.24) is 0 Å². The first kappa shape index (κ1) is 28.8. The van der Waals surface area contributed by atoms with Crippen molar-refractivity contribution in [3.8, 4) is 0 Å². The number of ether oxygens (including phenoxy) is 2.